The lowest BCUT2D eigenvalue weighted by Crippen LogP contribution is -2.45. The molecule has 0 aromatic rings. The zero-order chi connectivity index (χ0) is 14.7. The predicted molar refractivity (Wildman–Crippen MR) is 85.8 cm³/mol. The maximum atomic E-state index is 6.78. The first-order valence-electron chi connectivity index (χ1n) is 7.44. The highest BCUT2D eigenvalue weighted by Gasteiger charge is 2.65. The maximum Gasteiger partial charge on any atom is 0.193 e. The molecular weight excluding hydrogens is 248 g/mol. The minimum Gasteiger partial charge on any atom is -0.407 e. The monoisotopic (exact) mass is 278 g/mol. The summed E-state index contributed by atoms with van der Waals surface area (Å²) in [5.74, 6) is 0. The number of rotatable bonds is 2. The summed E-state index contributed by atoms with van der Waals surface area (Å²) in [6.07, 6.45) is 10.5. The van der Waals surface area contributed by atoms with E-state index in [9.17, 15) is 0 Å². The van der Waals surface area contributed by atoms with Crippen molar-refractivity contribution >= 4 is 8.32 Å². The fraction of sp³-hybridized carbons (Fsp3) is 0.765. The topological polar surface area (TPSA) is 9.23 Å². The van der Waals surface area contributed by atoms with Crippen molar-refractivity contribution < 1.29 is 4.43 Å². The molecule has 1 nitrogen and oxygen atoms in total. The molecule has 108 valence electrons. The van der Waals surface area contributed by atoms with Gasteiger partial charge in [0.2, 0.25) is 0 Å². The Morgan fingerprint density at radius 1 is 0.947 bits per heavy atom. The summed E-state index contributed by atoms with van der Waals surface area (Å²) in [5, 5.41) is 0.268. The van der Waals surface area contributed by atoms with Gasteiger partial charge in [-0.15, -0.1) is 0 Å². The van der Waals surface area contributed by atoms with Crippen molar-refractivity contribution in [1.29, 1.82) is 0 Å². The third-order valence-electron chi connectivity index (χ3n) is 5.38. The third-order valence-corrected chi connectivity index (χ3v) is 9.86. The molecule has 0 saturated heterocycles. The van der Waals surface area contributed by atoms with Crippen LogP contribution >= 0.6 is 0 Å². The average molecular weight is 279 g/mol. The molecule has 0 aromatic heterocycles. The molecule has 2 heteroatoms. The zero-order valence-electron chi connectivity index (χ0n) is 13.9. The minimum atomic E-state index is -1.72. The molecule has 19 heavy (non-hydrogen) atoms. The summed E-state index contributed by atoms with van der Waals surface area (Å²) in [6, 6.07) is 0. The van der Waals surface area contributed by atoms with Crippen molar-refractivity contribution in [3.63, 3.8) is 0 Å². The molecule has 0 N–H and O–H groups in total. The summed E-state index contributed by atoms with van der Waals surface area (Å²) in [6.45, 7) is 18.5. The summed E-state index contributed by atoms with van der Waals surface area (Å²) in [4.78, 5) is 0. The summed E-state index contributed by atoms with van der Waals surface area (Å²) >= 11 is 0. The second-order valence-electron chi connectivity index (χ2n) is 8.83. The van der Waals surface area contributed by atoms with Gasteiger partial charge in [-0.1, -0.05) is 65.8 Å². The smallest absolute Gasteiger partial charge is 0.193 e. The van der Waals surface area contributed by atoms with E-state index in [2.05, 4.69) is 78.9 Å². The molecule has 2 rings (SSSR count). The van der Waals surface area contributed by atoms with E-state index in [-0.39, 0.29) is 21.5 Å². The van der Waals surface area contributed by atoms with E-state index in [0.717, 1.165) is 6.42 Å². The van der Waals surface area contributed by atoms with Gasteiger partial charge in [0.05, 0.1) is 5.60 Å². The van der Waals surface area contributed by atoms with Crippen LogP contribution in [-0.2, 0) is 4.43 Å². The van der Waals surface area contributed by atoms with Crippen molar-refractivity contribution in [1.82, 2.24) is 0 Å². The second-order valence-corrected chi connectivity index (χ2v) is 13.6. The van der Waals surface area contributed by atoms with Crippen molar-refractivity contribution in [3.8, 4) is 0 Å². The quantitative estimate of drug-likeness (QED) is 0.491. The number of allylic oxidation sites excluding steroid dienone is 2. The normalized spacial score (nSPS) is 36.8. The predicted octanol–water partition coefficient (Wildman–Crippen LogP) is 5.31. The molecule has 2 aliphatic carbocycles. The fourth-order valence-electron chi connectivity index (χ4n) is 2.55. The molecule has 1 saturated carbocycles. The van der Waals surface area contributed by atoms with Gasteiger partial charge in [-0.25, -0.2) is 0 Å². The zero-order valence-corrected chi connectivity index (χ0v) is 14.9. The molecule has 0 heterocycles. The lowest BCUT2D eigenvalue weighted by molar-refractivity contribution is 0.174. The van der Waals surface area contributed by atoms with E-state index < -0.39 is 8.32 Å². The molecule has 0 aromatic carbocycles. The van der Waals surface area contributed by atoms with Crippen LogP contribution in [0.5, 0.6) is 0 Å². The van der Waals surface area contributed by atoms with Crippen molar-refractivity contribution in [2.24, 2.45) is 10.8 Å². The number of hydrogen-bond acceptors (Lipinski definition) is 1. The molecule has 0 spiro atoms. The van der Waals surface area contributed by atoms with Crippen molar-refractivity contribution in [2.75, 3.05) is 0 Å². The van der Waals surface area contributed by atoms with Gasteiger partial charge in [0.15, 0.2) is 8.32 Å². The number of fused-ring (bicyclic) bond motifs is 1. The lowest BCUT2D eigenvalue weighted by Gasteiger charge is -2.40. The third kappa shape index (κ3) is 2.49. The Morgan fingerprint density at radius 3 is 2.00 bits per heavy atom. The molecule has 2 aliphatic rings. The highest BCUT2D eigenvalue weighted by atomic mass is 28.4. The van der Waals surface area contributed by atoms with Gasteiger partial charge in [0.25, 0.3) is 0 Å². The van der Waals surface area contributed by atoms with Crippen LogP contribution < -0.4 is 0 Å². The Kier molecular flexibility index (Phi) is 3.05. The van der Waals surface area contributed by atoms with E-state index in [1.807, 2.05) is 0 Å². The first-order chi connectivity index (χ1) is 8.33. The molecule has 2 atom stereocenters. The van der Waals surface area contributed by atoms with Crippen LogP contribution in [-0.4, -0.2) is 13.9 Å². The van der Waals surface area contributed by atoms with Gasteiger partial charge in [0, 0.05) is 10.8 Å². The molecule has 1 fully saturated rings. The fourth-order valence-corrected chi connectivity index (χ4v) is 4.14. The van der Waals surface area contributed by atoms with Crippen LogP contribution in [0.4, 0.5) is 0 Å². The van der Waals surface area contributed by atoms with Crippen molar-refractivity contribution in [2.45, 2.75) is 71.7 Å². The molecule has 0 amide bonds. The Hall–Kier alpha value is -0.343. The molecule has 0 aliphatic heterocycles. The largest absolute Gasteiger partial charge is 0.407 e. The highest BCUT2D eigenvalue weighted by molar-refractivity contribution is 6.74. The van der Waals surface area contributed by atoms with Gasteiger partial charge >= 0.3 is 0 Å². The SMILES string of the molecule is CC1(C)C=CC2(C)CC2(O[Si](C)(C)C(C)(C)C)C=C1. The molecular formula is C17H30OSi. The summed E-state index contributed by atoms with van der Waals surface area (Å²) < 4.78 is 6.78. The average Bonchev–Trinajstić information content (AvgIpc) is 2.78. The van der Waals surface area contributed by atoms with E-state index in [4.69, 9.17) is 4.43 Å². The molecule has 2 unspecified atom stereocenters. The van der Waals surface area contributed by atoms with Gasteiger partial charge in [0.1, 0.15) is 0 Å². The van der Waals surface area contributed by atoms with Crippen LogP contribution in [0.1, 0.15) is 48.0 Å². The Labute approximate surface area is 120 Å². The van der Waals surface area contributed by atoms with Crippen LogP contribution in [0.2, 0.25) is 18.1 Å². The van der Waals surface area contributed by atoms with Crippen LogP contribution in [0.15, 0.2) is 24.3 Å². The van der Waals surface area contributed by atoms with Crippen molar-refractivity contribution in [3.05, 3.63) is 24.3 Å². The second kappa shape index (κ2) is 3.85. The minimum absolute atomic E-state index is 0.0414. The lowest BCUT2D eigenvalue weighted by atomic mass is 9.92. The van der Waals surface area contributed by atoms with E-state index in [0.29, 0.717) is 0 Å². The standard InChI is InChI=1S/C17H30OSi/c1-14(2,3)19(7,8)18-17-12-10-15(4,5)9-11-16(17,6)13-17/h9-12H,13H2,1-8H3. The van der Waals surface area contributed by atoms with Gasteiger partial charge in [-0.05, 0) is 24.6 Å². The number of hydrogen-bond donors (Lipinski definition) is 0. The Morgan fingerprint density at radius 2 is 1.47 bits per heavy atom. The Balaban J connectivity index is 2.30. The van der Waals surface area contributed by atoms with Gasteiger partial charge < -0.3 is 4.43 Å². The summed E-state index contributed by atoms with van der Waals surface area (Å²) in [7, 11) is -1.72. The van der Waals surface area contributed by atoms with Crippen LogP contribution in [0, 0.1) is 10.8 Å². The van der Waals surface area contributed by atoms with Crippen LogP contribution in [0.3, 0.4) is 0 Å². The van der Waals surface area contributed by atoms with Gasteiger partial charge in [-0.2, -0.15) is 0 Å². The van der Waals surface area contributed by atoms with Crippen LogP contribution in [0.25, 0.3) is 0 Å². The maximum absolute atomic E-state index is 6.78. The molecule has 0 radical (unpaired) electrons. The Bertz CT molecular complexity index is 439. The molecule has 0 bridgehead atoms. The van der Waals surface area contributed by atoms with E-state index >= 15 is 0 Å². The van der Waals surface area contributed by atoms with Gasteiger partial charge in [-0.3, -0.25) is 0 Å². The first-order valence-corrected chi connectivity index (χ1v) is 10.3. The first kappa shape index (κ1) is 15.1. The van der Waals surface area contributed by atoms with E-state index in [1.54, 1.807) is 0 Å². The summed E-state index contributed by atoms with van der Waals surface area (Å²) in [5.41, 5.74) is 0.313. The van der Waals surface area contributed by atoms with E-state index in [1.165, 1.54) is 0 Å². The highest BCUT2D eigenvalue weighted by Crippen LogP contribution is 2.64.